The minimum Gasteiger partial charge on any atom is -0.324 e. The van der Waals surface area contributed by atoms with Crippen LogP contribution in [0.5, 0.6) is 0 Å². The third-order valence-electron chi connectivity index (χ3n) is 3.01. The average Bonchev–Trinajstić information content (AvgIpc) is 2.91. The van der Waals surface area contributed by atoms with Crippen molar-refractivity contribution in [2.75, 3.05) is 5.32 Å². The van der Waals surface area contributed by atoms with E-state index >= 15 is 0 Å². The Morgan fingerprint density at radius 2 is 2.15 bits per heavy atom. The highest BCUT2D eigenvalue weighted by Gasteiger charge is 2.07. The standard InChI is InChI=1S/C15H14N4O/c1-11-6-7-12-13(17-11)4-2-5-14(12)18-15(20)10-19-9-3-8-16-19/h2-9H,10H2,1H3,(H,18,20). The first-order chi connectivity index (χ1) is 9.72. The number of aryl methyl sites for hydroxylation is 1. The largest absolute Gasteiger partial charge is 0.324 e. The summed E-state index contributed by atoms with van der Waals surface area (Å²) in [6, 6.07) is 11.4. The highest BCUT2D eigenvalue weighted by atomic mass is 16.2. The van der Waals surface area contributed by atoms with Gasteiger partial charge in [0.2, 0.25) is 5.91 Å². The van der Waals surface area contributed by atoms with Crippen molar-refractivity contribution in [2.45, 2.75) is 13.5 Å². The van der Waals surface area contributed by atoms with Crippen LogP contribution in [0.2, 0.25) is 0 Å². The third kappa shape index (κ3) is 2.51. The zero-order chi connectivity index (χ0) is 13.9. The number of pyridine rings is 1. The molecule has 0 bridgehead atoms. The fraction of sp³-hybridized carbons (Fsp3) is 0.133. The molecule has 0 aliphatic heterocycles. The van der Waals surface area contributed by atoms with E-state index in [-0.39, 0.29) is 12.5 Å². The fourth-order valence-corrected chi connectivity index (χ4v) is 2.10. The number of hydrogen-bond acceptors (Lipinski definition) is 3. The summed E-state index contributed by atoms with van der Waals surface area (Å²) in [5.74, 6) is -0.109. The molecule has 0 radical (unpaired) electrons. The molecule has 2 heterocycles. The number of carbonyl (C=O) groups excluding carboxylic acids is 1. The molecule has 0 saturated carbocycles. The number of nitrogens with zero attached hydrogens (tertiary/aromatic N) is 3. The Bertz CT molecular complexity index is 750. The van der Waals surface area contributed by atoms with E-state index in [9.17, 15) is 4.79 Å². The molecule has 3 aromatic rings. The van der Waals surface area contributed by atoms with Crippen molar-refractivity contribution >= 4 is 22.5 Å². The molecule has 1 aromatic carbocycles. The molecule has 5 nitrogen and oxygen atoms in total. The summed E-state index contributed by atoms with van der Waals surface area (Å²) >= 11 is 0. The van der Waals surface area contributed by atoms with Crippen molar-refractivity contribution in [1.82, 2.24) is 14.8 Å². The minimum atomic E-state index is -0.109. The molecule has 5 heteroatoms. The topological polar surface area (TPSA) is 59.8 Å². The van der Waals surface area contributed by atoms with Gasteiger partial charge in [0.05, 0.1) is 11.2 Å². The van der Waals surface area contributed by atoms with E-state index in [0.29, 0.717) is 0 Å². The highest BCUT2D eigenvalue weighted by molar-refractivity contribution is 6.00. The summed E-state index contributed by atoms with van der Waals surface area (Å²) in [6.45, 7) is 2.14. The number of fused-ring (bicyclic) bond motifs is 1. The van der Waals surface area contributed by atoms with Gasteiger partial charge in [-0.1, -0.05) is 6.07 Å². The van der Waals surface area contributed by atoms with Gasteiger partial charge < -0.3 is 5.32 Å². The second-order valence-electron chi connectivity index (χ2n) is 4.58. The monoisotopic (exact) mass is 266 g/mol. The number of rotatable bonds is 3. The molecule has 0 saturated heterocycles. The maximum atomic E-state index is 12.0. The lowest BCUT2D eigenvalue weighted by Crippen LogP contribution is -2.19. The van der Waals surface area contributed by atoms with Crippen molar-refractivity contribution in [3.05, 3.63) is 54.5 Å². The molecule has 0 spiro atoms. The molecule has 1 amide bonds. The number of amides is 1. The molecule has 0 aliphatic rings. The van der Waals surface area contributed by atoms with Gasteiger partial charge in [0.1, 0.15) is 6.54 Å². The van der Waals surface area contributed by atoms with E-state index in [2.05, 4.69) is 15.4 Å². The molecule has 0 atom stereocenters. The van der Waals surface area contributed by atoms with E-state index < -0.39 is 0 Å². The Morgan fingerprint density at radius 3 is 2.95 bits per heavy atom. The summed E-state index contributed by atoms with van der Waals surface area (Å²) < 4.78 is 1.59. The number of benzene rings is 1. The first kappa shape index (κ1) is 12.3. The van der Waals surface area contributed by atoms with E-state index in [1.807, 2.05) is 37.3 Å². The van der Waals surface area contributed by atoms with Gasteiger partial charge >= 0.3 is 0 Å². The molecule has 0 aliphatic carbocycles. The van der Waals surface area contributed by atoms with Crippen LogP contribution in [0.3, 0.4) is 0 Å². The molecule has 1 N–H and O–H groups in total. The van der Waals surface area contributed by atoms with Crippen LogP contribution < -0.4 is 5.32 Å². The van der Waals surface area contributed by atoms with Crippen LogP contribution in [-0.4, -0.2) is 20.7 Å². The maximum absolute atomic E-state index is 12.0. The number of anilines is 1. The van der Waals surface area contributed by atoms with Gasteiger partial charge in [0.25, 0.3) is 0 Å². The van der Waals surface area contributed by atoms with Crippen LogP contribution in [0.1, 0.15) is 5.69 Å². The minimum absolute atomic E-state index is 0.109. The first-order valence-corrected chi connectivity index (χ1v) is 6.36. The number of nitrogens with one attached hydrogen (secondary N) is 1. The Kier molecular flexibility index (Phi) is 3.16. The van der Waals surface area contributed by atoms with E-state index in [0.717, 1.165) is 22.3 Å². The van der Waals surface area contributed by atoms with Crippen LogP contribution in [0, 0.1) is 6.92 Å². The molecular weight excluding hydrogens is 252 g/mol. The van der Waals surface area contributed by atoms with Gasteiger partial charge in [0.15, 0.2) is 0 Å². The van der Waals surface area contributed by atoms with Gasteiger partial charge in [-0.25, -0.2) is 0 Å². The van der Waals surface area contributed by atoms with Gasteiger partial charge in [-0.05, 0) is 37.3 Å². The van der Waals surface area contributed by atoms with Crippen LogP contribution in [0.15, 0.2) is 48.8 Å². The molecule has 2 aromatic heterocycles. The molecule has 3 rings (SSSR count). The average molecular weight is 266 g/mol. The smallest absolute Gasteiger partial charge is 0.246 e. The van der Waals surface area contributed by atoms with E-state index in [4.69, 9.17) is 0 Å². The second-order valence-corrected chi connectivity index (χ2v) is 4.58. The normalized spacial score (nSPS) is 10.7. The molecule has 20 heavy (non-hydrogen) atoms. The van der Waals surface area contributed by atoms with Crippen molar-refractivity contribution in [2.24, 2.45) is 0 Å². The summed E-state index contributed by atoms with van der Waals surface area (Å²) in [5, 5.41) is 7.86. The quantitative estimate of drug-likeness (QED) is 0.791. The fourth-order valence-electron chi connectivity index (χ4n) is 2.10. The summed E-state index contributed by atoms with van der Waals surface area (Å²) in [4.78, 5) is 16.4. The summed E-state index contributed by atoms with van der Waals surface area (Å²) in [6.07, 6.45) is 3.41. The Morgan fingerprint density at radius 1 is 1.25 bits per heavy atom. The number of hydrogen-bond donors (Lipinski definition) is 1. The Labute approximate surface area is 116 Å². The van der Waals surface area contributed by atoms with Gasteiger partial charge in [-0.2, -0.15) is 5.10 Å². The zero-order valence-electron chi connectivity index (χ0n) is 11.1. The SMILES string of the molecule is Cc1ccc2c(NC(=O)Cn3cccn3)cccc2n1. The second kappa shape index (κ2) is 5.13. The lowest BCUT2D eigenvalue weighted by molar-refractivity contribution is -0.116. The van der Waals surface area contributed by atoms with E-state index in [1.54, 1.807) is 23.1 Å². The van der Waals surface area contributed by atoms with Crippen LogP contribution in [-0.2, 0) is 11.3 Å². The summed E-state index contributed by atoms with van der Waals surface area (Å²) in [5.41, 5.74) is 2.60. The molecule has 100 valence electrons. The third-order valence-corrected chi connectivity index (χ3v) is 3.01. The maximum Gasteiger partial charge on any atom is 0.246 e. The predicted octanol–water partition coefficient (Wildman–Crippen LogP) is 2.38. The van der Waals surface area contributed by atoms with Crippen molar-refractivity contribution in [3.63, 3.8) is 0 Å². The number of carbonyl (C=O) groups is 1. The summed E-state index contributed by atoms with van der Waals surface area (Å²) in [7, 11) is 0. The van der Waals surface area contributed by atoms with Gasteiger partial charge in [-0.15, -0.1) is 0 Å². The highest BCUT2D eigenvalue weighted by Crippen LogP contribution is 2.22. The van der Waals surface area contributed by atoms with Crippen LogP contribution in [0.4, 0.5) is 5.69 Å². The molecule has 0 unspecified atom stereocenters. The molecule has 0 fully saturated rings. The molecular formula is C15H14N4O. The van der Waals surface area contributed by atoms with Gasteiger partial charge in [-0.3, -0.25) is 14.5 Å². The zero-order valence-corrected chi connectivity index (χ0v) is 11.1. The van der Waals surface area contributed by atoms with Crippen LogP contribution in [0.25, 0.3) is 10.9 Å². The van der Waals surface area contributed by atoms with Crippen molar-refractivity contribution in [3.8, 4) is 0 Å². The van der Waals surface area contributed by atoms with Crippen molar-refractivity contribution < 1.29 is 4.79 Å². The van der Waals surface area contributed by atoms with Gasteiger partial charge in [0, 0.05) is 23.5 Å². The number of aromatic nitrogens is 3. The Hall–Kier alpha value is -2.69. The first-order valence-electron chi connectivity index (χ1n) is 6.36. The van der Waals surface area contributed by atoms with E-state index in [1.165, 1.54) is 0 Å². The lowest BCUT2D eigenvalue weighted by atomic mass is 10.1. The predicted molar refractivity (Wildman–Crippen MR) is 77.3 cm³/mol. The van der Waals surface area contributed by atoms with Crippen LogP contribution >= 0.6 is 0 Å². The lowest BCUT2D eigenvalue weighted by Gasteiger charge is -2.09. The van der Waals surface area contributed by atoms with Crippen molar-refractivity contribution in [1.29, 1.82) is 0 Å². The Balaban J connectivity index is 1.85.